The van der Waals surface area contributed by atoms with Crippen molar-refractivity contribution in [1.29, 1.82) is 0 Å². The van der Waals surface area contributed by atoms with Crippen molar-refractivity contribution >= 4 is 29.4 Å². The molecule has 0 aliphatic carbocycles. The van der Waals surface area contributed by atoms with E-state index in [1.165, 1.54) is 4.90 Å². The lowest BCUT2D eigenvalue weighted by atomic mass is 10.1. The van der Waals surface area contributed by atoms with E-state index in [9.17, 15) is 14.8 Å². The third-order valence-corrected chi connectivity index (χ3v) is 5.52. The van der Waals surface area contributed by atoms with Gasteiger partial charge >= 0.3 is 11.9 Å². The monoisotopic (exact) mass is 439 g/mol. The van der Waals surface area contributed by atoms with Crippen LogP contribution in [0.5, 0.6) is 0 Å². The molecule has 0 fully saturated rings. The molecule has 1 N–H and O–H groups in total. The molecule has 8 nitrogen and oxygen atoms in total. The summed E-state index contributed by atoms with van der Waals surface area (Å²) in [4.78, 5) is 39.0. The highest BCUT2D eigenvalue weighted by atomic mass is 35.5. The van der Waals surface area contributed by atoms with Crippen LogP contribution in [-0.2, 0) is 12.8 Å². The SMILES string of the molecule is CCC[N+]1([O-])C(=O)c2[nH]c(Cc3ccncc3)nc2N(CCc2ccc(Cl)cc2)C1=O. The lowest BCUT2D eigenvalue weighted by molar-refractivity contribution is -0.712. The van der Waals surface area contributed by atoms with Gasteiger partial charge < -0.3 is 10.2 Å². The average molecular weight is 440 g/mol. The Morgan fingerprint density at radius 3 is 2.48 bits per heavy atom. The van der Waals surface area contributed by atoms with E-state index in [1.807, 2.05) is 24.3 Å². The molecule has 9 heteroatoms. The molecule has 0 saturated carbocycles. The maximum absolute atomic E-state index is 13.3. The highest BCUT2D eigenvalue weighted by Gasteiger charge is 2.49. The second-order valence-electron chi connectivity index (χ2n) is 7.49. The van der Waals surface area contributed by atoms with E-state index in [4.69, 9.17) is 11.6 Å². The number of halogens is 1. The van der Waals surface area contributed by atoms with E-state index < -0.39 is 16.6 Å². The van der Waals surface area contributed by atoms with Gasteiger partial charge in [-0.2, -0.15) is 0 Å². The number of carbonyl (C=O) groups is 2. The summed E-state index contributed by atoms with van der Waals surface area (Å²) in [6, 6.07) is 10.2. The van der Waals surface area contributed by atoms with E-state index in [0.29, 0.717) is 30.1 Å². The van der Waals surface area contributed by atoms with E-state index >= 15 is 0 Å². The zero-order chi connectivity index (χ0) is 22.0. The van der Waals surface area contributed by atoms with Crippen LogP contribution in [0.4, 0.5) is 10.6 Å². The summed E-state index contributed by atoms with van der Waals surface area (Å²) < 4.78 is -1.54. The zero-order valence-electron chi connectivity index (χ0n) is 17.0. The maximum atomic E-state index is 13.3. The Balaban J connectivity index is 1.67. The highest BCUT2D eigenvalue weighted by Crippen LogP contribution is 2.32. The molecule has 1 aliphatic heterocycles. The molecule has 1 aromatic carbocycles. The molecule has 0 spiro atoms. The van der Waals surface area contributed by atoms with Gasteiger partial charge in [0.15, 0.2) is 11.5 Å². The number of H-pyrrole nitrogens is 1. The van der Waals surface area contributed by atoms with Crippen LogP contribution < -0.4 is 4.90 Å². The molecule has 1 atom stereocenters. The van der Waals surface area contributed by atoms with Crippen LogP contribution in [0.25, 0.3) is 0 Å². The number of quaternary nitrogens is 1. The molecule has 160 valence electrons. The molecule has 3 aromatic rings. The minimum absolute atomic E-state index is 0.0863. The number of nitrogens with zero attached hydrogens (tertiary/aromatic N) is 4. The van der Waals surface area contributed by atoms with E-state index in [1.54, 1.807) is 31.5 Å². The smallest absolute Gasteiger partial charge is 0.432 e. The van der Waals surface area contributed by atoms with Gasteiger partial charge in [-0.1, -0.05) is 30.7 Å². The zero-order valence-corrected chi connectivity index (χ0v) is 17.8. The molecule has 0 bridgehead atoms. The number of urea groups is 1. The summed E-state index contributed by atoms with van der Waals surface area (Å²) in [5, 5.41) is 13.9. The summed E-state index contributed by atoms with van der Waals surface area (Å²) in [6.07, 6.45) is 4.67. The van der Waals surface area contributed by atoms with Crippen molar-refractivity contribution in [3.05, 3.63) is 81.7 Å². The summed E-state index contributed by atoms with van der Waals surface area (Å²) in [5.41, 5.74) is 2.00. The van der Waals surface area contributed by atoms with Crippen LogP contribution in [0.2, 0.25) is 5.02 Å². The second kappa shape index (κ2) is 8.58. The van der Waals surface area contributed by atoms with Gasteiger partial charge in [-0.3, -0.25) is 4.98 Å². The Morgan fingerprint density at radius 1 is 1.10 bits per heavy atom. The number of imidazole rings is 1. The van der Waals surface area contributed by atoms with Crippen LogP contribution in [-0.4, -0.2) is 44.6 Å². The first-order valence-corrected chi connectivity index (χ1v) is 10.5. The van der Waals surface area contributed by atoms with Crippen molar-refractivity contribution in [3.8, 4) is 0 Å². The van der Waals surface area contributed by atoms with Crippen LogP contribution in [0.3, 0.4) is 0 Å². The van der Waals surface area contributed by atoms with Crippen molar-refractivity contribution in [2.75, 3.05) is 18.0 Å². The summed E-state index contributed by atoms with van der Waals surface area (Å²) in [7, 11) is 0. The molecule has 0 saturated heterocycles. The number of carbonyl (C=O) groups excluding carboxylic acids is 2. The van der Waals surface area contributed by atoms with Gasteiger partial charge in [0, 0.05) is 30.4 Å². The number of hydrogen-bond donors (Lipinski definition) is 1. The van der Waals surface area contributed by atoms with Crippen molar-refractivity contribution in [2.45, 2.75) is 26.2 Å². The van der Waals surface area contributed by atoms with Crippen LogP contribution >= 0.6 is 11.6 Å². The number of benzene rings is 1. The van der Waals surface area contributed by atoms with Crippen molar-refractivity contribution < 1.29 is 14.2 Å². The predicted molar refractivity (Wildman–Crippen MR) is 117 cm³/mol. The topological polar surface area (TPSA) is 102 Å². The lowest BCUT2D eigenvalue weighted by Gasteiger charge is -2.42. The fourth-order valence-corrected chi connectivity index (χ4v) is 3.82. The first-order valence-electron chi connectivity index (χ1n) is 10.1. The number of aromatic nitrogens is 3. The van der Waals surface area contributed by atoms with Crippen LogP contribution in [0, 0.1) is 5.21 Å². The van der Waals surface area contributed by atoms with Gasteiger partial charge in [0.1, 0.15) is 5.82 Å². The number of pyridine rings is 1. The summed E-state index contributed by atoms with van der Waals surface area (Å²) in [6.45, 7) is 1.88. The molecule has 31 heavy (non-hydrogen) atoms. The lowest BCUT2D eigenvalue weighted by Crippen LogP contribution is -2.62. The Morgan fingerprint density at radius 2 is 1.81 bits per heavy atom. The summed E-state index contributed by atoms with van der Waals surface area (Å²) >= 11 is 5.94. The highest BCUT2D eigenvalue weighted by molar-refractivity contribution is 6.30. The number of aromatic amines is 1. The normalized spacial score (nSPS) is 18.4. The first kappa shape index (κ1) is 21.2. The van der Waals surface area contributed by atoms with Gasteiger partial charge in [-0.25, -0.2) is 24.1 Å². The van der Waals surface area contributed by atoms with Gasteiger partial charge in [0.25, 0.3) is 0 Å². The number of amides is 3. The van der Waals surface area contributed by atoms with E-state index in [2.05, 4.69) is 15.0 Å². The van der Waals surface area contributed by atoms with Crippen molar-refractivity contribution in [2.24, 2.45) is 0 Å². The fraction of sp³-hybridized carbons (Fsp3) is 0.273. The minimum Gasteiger partial charge on any atom is -0.616 e. The Labute approximate surface area is 184 Å². The summed E-state index contributed by atoms with van der Waals surface area (Å²) in [5.74, 6) is -0.0643. The average Bonchev–Trinajstić information content (AvgIpc) is 3.18. The number of rotatable bonds is 7. The number of hydrogen-bond acceptors (Lipinski definition) is 5. The molecular weight excluding hydrogens is 418 g/mol. The van der Waals surface area contributed by atoms with Crippen LogP contribution in [0.1, 0.15) is 40.8 Å². The fourth-order valence-electron chi connectivity index (χ4n) is 3.69. The van der Waals surface area contributed by atoms with E-state index in [0.717, 1.165) is 11.1 Å². The Hall–Kier alpha value is -3.07. The van der Waals surface area contributed by atoms with Gasteiger partial charge in [0.2, 0.25) is 0 Å². The molecule has 3 amide bonds. The number of hydroxylamine groups is 3. The molecule has 4 rings (SSSR count). The van der Waals surface area contributed by atoms with Gasteiger partial charge in [0.05, 0.1) is 6.54 Å². The predicted octanol–water partition coefficient (Wildman–Crippen LogP) is 4.10. The molecule has 1 aliphatic rings. The first-order chi connectivity index (χ1) is 14.9. The third-order valence-electron chi connectivity index (χ3n) is 5.27. The molecule has 1 unspecified atom stereocenters. The van der Waals surface area contributed by atoms with Gasteiger partial charge in [-0.15, -0.1) is 0 Å². The number of imide groups is 1. The number of anilines is 1. The third kappa shape index (κ3) is 4.10. The Kier molecular flexibility index (Phi) is 5.86. The molecule has 2 aromatic heterocycles. The molecule has 3 heterocycles. The van der Waals surface area contributed by atoms with Crippen LogP contribution in [0.15, 0.2) is 48.8 Å². The molecular formula is C22H22ClN5O3. The maximum Gasteiger partial charge on any atom is 0.432 e. The largest absolute Gasteiger partial charge is 0.616 e. The molecule has 0 radical (unpaired) electrons. The quantitative estimate of drug-likeness (QED) is 0.441. The van der Waals surface area contributed by atoms with Crippen molar-refractivity contribution in [3.63, 3.8) is 0 Å². The van der Waals surface area contributed by atoms with Gasteiger partial charge in [-0.05, 0) is 48.2 Å². The van der Waals surface area contributed by atoms with E-state index in [-0.39, 0.29) is 24.6 Å². The Bertz CT molecular complexity index is 1100. The minimum atomic E-state index is -1.54. The standard InChI is InChI=1S/C22H22ClN5O3/c1-2-13-28(31)21(29)19-20(26-18(25-19)14-16-7-10-24-11-8-16)27(22(28)30)12-9-15-3-5-17(23)6-4-15/h3-8,10-11H,2,9,12-14H2,1H3,(H,25,26). The van der Waals surface area contributed by atoms with Crippen molar-refractivity contribution in [1.82, 2.24) is 15.0 Å². The second-order valence-corrected chi connectivity index (χ2v) is 7.93. The number of nitrogens with one attached hydrogen (secondary N) is 1. The number of fused-ring (bicyclic) bond motifs is 1.